The fraction of sp³-hybridized carbons (Fsp3) is 0.333. The molecule has 1 atom stereocenters. The van der Waals surface area contributed by atoms with Gasteiger partial charge in [-0.05, 0) is 6.08 Å². The van der Waals surface area contributed by atoms with Crippen molar-refractivity contribution >= 4 is 18.5 Å². The van der Waals surface area contributed by atoms with Crippen molar-refractivity contribution in [1.82, 2.24) is 0 Å². The van der Waals surface area contributed by atoms with E-state index < -0.39 is 12.9 Å². The molecule has 1 aliphatic rings. The Bertz CT molecular complexity index is 225. The van der Waals surface area contributed by atoms with Crippen LogP contribution in [0.3, 0.4) is 0 Å². The van der Waals surface area contributed by atoms with Crippen molar-refractivity contribution in [2.45, 2.75) is 12.2 Å². The molecule has 11 heavy (non-hydrogen) atoms. The number of hydrogen-bond acceptors (Lipinski definition) is 4. The van der Waals surface area contributed by atoms with Gasteiger partial charge in [-0.15, -0.1) is 0 Å². The highest BCUT2D eigenvalue weighted by molar-refractivity contribution is 6.51. The molecule has 4 nitrogen and oxygen atoms in total. The lowest BCUT2D eigenvalue weighted by Crippen LogP contribution is -2.28. The van der Waals surface area contributed by atoms with Gasteiger partial charge in [-0.25, -0.2) is 0 Å². The molecule has 0 aromatic heterocycles. The number of allylic oxidation sites excluding steroid dienone is 2. The molecule has 0 bridgehead atoms. The zero-order chi connectivity index (χ0) is 8.43. The van der Waals surface area contributed by atoms with E-state index in [1.54, 1.807) is 0 Å². The summed E-state index contributed by atoms with van der Waals surface area (Å²) in [7, 11) is -1.51. The van der Waals surface area contributed by atoms with Gasteiger partial charge in [0.15, 0.2) is 0 Å². The lowest BCUT2D eigenvalue weighted by Gasteiger charge is -2.16. The van der Waals surface area contributed by atoms with Gasteiger partial charge in [0.1, 0.15) is 0 Å². The molecule has 1 unspecified atom stereocenters. The first-order chi connectivity index (χ1) is 5.11. The third-order valence-electron chi connectivity index (χ3n) is 1.61. The van der Waals surface area contributed by atoms with Crippen LogP contribution in [-0.2, 0) is 0 Å². The van der Waals surface area contributed by atoms with E-state index in [0.29, 0.717) is 5.71 Å². The minimum atomic E-state index is -1.51. The van der Waals surface area contributed by atoms with E-state index in [-0.39, 0.29) is 12.1 Å². The maximum absolute atomic E-state index is 8.73. The van der Waals surface area contributed by atoms with Gasteiger partial charge in [0.25, 0.3) is 0 Å². The summed E-state index contributed by atoms with van der Waals surface area (Å²) in [4.78, 5) is 0. The Labute approximate surface area is 64.7 Å². The second-order valence-electron chi connectivity index (χ2n) is 2.53. The number of rotatable bonds is 1. The second-order valence-corrected chi connectivity index (χ2v) is 2.53. The predicted molar refractivity (Wildman–Crippen MR) is 43.2 cm³/mol. The molecular formula is C6H9BN2O2. The largest absolute Gasteiger partial charge is 0.464 e. The van der Waals surface area contributed by atoms with E-state index in [2.05, 4.69) is 0 Å². The summed E-state index contributed by atoms with van der Waals surface area (Å²) in [5.41, 5.74) is 0.527. The van der Waals surface area contributed by atoms with Crippen molar-refractivity contribution in [1.29, 1.82) is 10.8 Å². The minimum absolute atomic E-state index is 0.188. The van der Waals surface area contributed by atoms with E-state index in [1.807, 2.05) is 0 Å². The van der Waals surface area contributed by atoms with Gasteiger partial charge in [0, 0.05) is 17.8 Å². The fourth-order valence-electron chi connectivity index (χ4n) is 0.997. The first-order valence-corrected chi connectivity index (χ1v) is 3.30. The van der Waals surface area contributed by atoms with Gasteiger partial charge >= 0.3 is 7.12 Å². The zero-order valence-corrected chi connectivity index (χ0v) is 5.91. The normalized spacial score (nSPS) is 24.0. The van der Waals surface area contributed by atoms with Crippen molar-refractivity contribution in [3.05, 3.63) is 12.2 Å². The van der Waals surface area contributed by atoms with Crippen molar-refractivity contribution in [3.63, 3.8) is 0 Å². The van der Waals surface area contributed by atoms with Crippen LogP contribution in [0.25, 0.3) is 0 Å². The Morgan fingerprint density at radius 1 is 1.45 bits per heavy atom. The topological polar surface area (TPSA) is 88.2 Å². The Morgan fingerprint density at radius 3 is 2.55 bits per heavy atom. The molecule has 1 aliphatic carbocycles. The summed E-state index contributed by atoms with van der Waals surface area (Å²) in [5.74, 6) is -0.621. The molecule has 0 saturated heterocycles. The molecule has 0 aliphatic heterocycles. The average molecular weight is 152 g/mol. The van der Waals surface area contributed by atoms with Gasteiger partial charge < -0.3 is 20.9 Å². The summed E-state index contributed by atoms with van der Waals surface area (Å²) < 4.78 is 0. The van der Waals surface area contributed by atoms with E-state index in [0.717, 1.165) is 0 Å². The quantitative estimate of drug-likeness (QED) is 0.393. The van der Waals surface area contributed by atoms with Gasteiger partial charge in [-0.1, -0.05) is 6.08 Å². The second kappa shape index (κ2) is 2.98. The van der Waals surface area contributed by atoms with Crippen LogP contribution in [-0.4, -0.2) is 28.6 Å². The van der Waals surface area contributed by atoms with Crippen molar-refractivity contribution in [2.24, 2.45) is 0 Å². The molecule has 0 spiro atoms. The molecule has 0 aromatic carbocycles. The number of nitrogens with one attached hydrogen (secondary N) is 2. The summed E-state index contributed by atoms with van der Waals surface area (Å²) in [6, 6.07) is 0. The highest BCUT2D eigenvalue weighted by Crippen LogP contribution is 2.18. The molecular weight excluding hydrogens is 143 g/mol. The molecule has 58 valence electrons. The van der Waals surface area contributed by atoms with Crippen LogP contribution >= 0.6 is 0 Å². The molecule has 4 N–H and O–H groups in total. The van der Waals surface area contributed by atoms with Crippen LogP contribution < -0.4 is 0 Å². The van der Waals surface area contributed by atoms with Crippen molar-refractivity contribution in [2.75, 3.05) is 0 Å². The number of hydrogen-bond donors (Lipinski definition) is 4. The molecule has 0 radical (unpaired) electrons. The zero-order valence-electron chi connectivity index (χ0n) is 5.91. The first kappa shape index (κ1) is 8.16. The van der Waals surface area contributed by atoms with Crippen molar-refractivity contribution < 1.29 is 10.0 Å². The highest BCUT2D eigenvalue weighted by atomic mass is 16.4. The highest BCUT2D eigenvalue weighted by Gasteiger charge is 2.27. The SMILES string of the molecule is N=C1C=CC(B(O)O)C(=N)C1. The third kappa shape index (κ3) is 1.75. The molecule has 0 aromatic rings. The molecule has 0 fully saturated rings. The lowest BCUT2D eigenvalue weighted by atomic mass is 9.67. The molecule has 5 heteroatoms. The smallest absolute Gasteiger partial charge is 0.426 e. The lowest BCUT2D eigenvalue weighted by molar-refractivity contribution is 0.404. The molecule has 1 rings (SSSR count). The van der Waals surface area contributed by atoms with E-state index in [9.17, 15) is 0 Å². The third-order valence-corrected chi connectivity index (χ3v) is 1.61. The van der Waals surface area contributed by atoms with Crippen LogP contribution in [0.1, 0.15) is 6.42 Å². The van der Waals surface area contributed by atoms with Crippen LogP contribution in [0.5, 0.6) is 0 Å². The maximum Gasteiger partial charge on any atom is 0.464 e. The van der Waals surface area contributed by atoms with Gasteiger partial charge in [-0.3, -0.25) is 0 Å². The first-order valence-electron chi connectivity index (χ1n) is 3.30. The monoisotopic (exact) mass is 152 g/mol. The van der Waals surface area contributed by atoms with Gasteiger partial charge in [0.2, 0.25) is 0 Å². The van der Waals surface area contributed by atoms with Crippen molar-refractivity contribution in [3.8, 4) is 0 Å². The minimum Gasteiger partial charge on any atom is -0.426 e. The Morgan fingerprint density at radius 2 is 2.09 bits per heavy atom. The Hall–Kier alpha value is -0.935. The summed E-state index contributed by atoms with van der Waals surface area (Å²) in [5, 5.41) is 31.9. The molecule has 0 heterocycles. The maximum atomic E-state index is 8.73. The van der Waals surface area contributed by atoms with Gasteiger partial charge in [0.05, 0.1) is 5.82 Å². The Balaban J connectivity index is 2.76. The van der Waals surface area contributed by atoms with E-state index in [1.165, 1.54) is 12.2 Å². The van der Waals surface area contributed by atoms with Crippen LogP contribution in [0.15, 0.2) is 12.2 Å². The molecule has 0 saturated carbocycles. The van der Waals surface area contributed by atoms with Crippen LogP contribution in [0, 0.1) is 10.8 Å². The molecule has 0 amide bonds. The summed E-state index contributed by atoms with van der Waals surface area (Å²) in [6.07, 6.45) is 3.19. The van der Waals surface area contributed by atoms with E-state index >= 15 is 0 Å². The van der Waals surface area contributed by atoms with Gasteiger partial charge in [-0.2, -0.15) is 0 Å². The summed E-state index contributed by atoms with van der Waals surface area (Å²) in [6.45, 7) is 0. The fourth-order valence-corrected chi connectivity index (χ4v) is 0.997. The van der Waals surface area contributed by atoms with Crippen LogP contribution in [0.4, 0.5) is 0 Å². The average Bonchev–Trinajstić information content (AvgIpc) is 1.85. The summed E-state index contributed by atoms with van der Waals surface area (Å²) >= 11 is 0. The Kier molecular flexibility index (Phi) is 2.21. The van der Waals surface area contributed by atoms with Crippen LogP contribution in [0.2, 0.25) is 5.82 Å². The predicted octanol–water partition coefficient (Wildman–Crippen LogP) is -0.171. The van der Waals surface area contributed by atoms with E-state index in [4.69, 9.17) is 20.9 Å². The standard InChI is InChI=1S/C6H9BN2O2/c8-4-1-2-5(7(10)11)6(9)3-4/h1-2,5,8-11H,3H2.